The monoisotopic (exact) mass is 292 g/mol. The Bertz CT molecular complexity index is 462. The standard InChI is InChI=1S/C11H20N2O5S/c1-11(16)4-6-13(8-11)19(17,18)12-5-2-3-9(7-12)10(14)15/h9,16H,2-8H2,1H3,(H,14,15). The van der Waals surface area contributed by atoms with Gasteiger partial charge < -0.3 is 10.2 Å². The van der Waals surface area contributed by atoms with Crippen LogP contribution in [-0.4, -0.2) is 65.0 Å². The molecule has 2 saturated heterocycles. The summed E-state index contributed by atoms with van der Waals surface area (Å²) in [6, 6.07) is 0. The number of aliphatic carboxylic acids is 1. The Labute approximate surface area is 113 Å². The van der Waals surface area contributed by atoms with Gasteiger partial charge in [0.25, 0.3) is 10.2 Å². The fraction of sp³-hybridized carbons (Fsp3) is 0.909. The zero-order valence-corrected chi connectivity index (χ0v) is 11.8. The van der Waals surface area contributed by atoms with Crippen LogP contribution in [0.4, 0.5) is 0 Å². The van der Waals surface area contributed by atoms with E-state index in [-0.39, 0.29) is 19.6 Å². The highest BCUT2D eigenvalue weighted by Gasteiger charge is 2.42. The lowest BCUT2D eigenvalue weighted by atomic mass is 10.0. The zero-order valence-electron chi connectivity index (χ0n) is 10.9. The van der Waals surface area contributed by atoms with Gasteiger partial charge in [0.1, 0.15) is 0 Å². The highest BCUT2D eigenvalue weighted by Crippen LogP contribution is 2.27. The average Bonchev–Trinajstić information content (AvgIpc) is 2.70. The van der Waals surface area contributed by atoms with Crippen molar-refractivity contribution in [1.29, 1.82) is 0 Å². The van der Waals surface area contributed by atoms with Crippen molar-refractivity contribution in [2.24, 2.45) is 5.92 Å². The van der Waals surface area contributed by atoms with Crippen LogP contribution < -0.4 is 0 Å². The van der Waals surface area contributed by atoms with E-state index in [2.05, 4.69) is 0 Å². The van der Waals surface area contributed by atoms with Crippen molar-refractivity contribution >= 4 is 16.2 Å². The number of hydrogen-bond donors (Lipinski definition) is 2. The van der Waals surface area contributed by atoms with Crippen LogP contribution in [0.1, 0.15) is 26.2 Å². The molecule has 0 amide bonds. The number of β-amino-alcohol motifs (C(OH)–C–C–N with tert-alkyl or cyclic N) is 1. The predicted octanol–water partition coefficient (Wildman–Crippen LogP) is -0.515. The van der Waals surface area contributed by atoms with E-state index in [4.69, 9.17) is 5.11 Å². The normalized spacial score (nSPS) is 34.5. The summed E-state index contributed by atoms with van der Waals surface area (Å²) in [5.41, 5.74) is -0.991. The summed E-state index contributed by atoms with van der Waals surface area (Å²) in [5, 5.41) is 18.8. The second-order valence-corrected chi connectivity index (χ2v) is 7.55. The Hall–Kier alpha value is -0.700. The van der Waals surface area contributed by atoms with E-state index in [9.17, 15) is 18.3 Å². The minimum absolute atomic E-state index is 0.0241. The number of carboxylic acids is 1. The van der Waals surface area contributed by atoms with Crippen LogP contribution in [0, 0.1) is 5.92 Å². The quantitative estimate of drug-likeness (QED) is 0.729. The number of aliphatic hydroxyl groups is 1. The van der Waals surface area contributed by atoms with Crippen molar-refractivity contribution in [2.45, 2.75) is 31.8 Å². The number of hydrogen-bond acceptors (Lipinski definition) is 4. The number of carbonyl (C=O) groups is 1. The molecule has 19 heavy (non-hydrogen) atoms. The van der Waals surface area contributed by atoms with Gasteiger partial charge in [-0.3, -0.25) is 4.79 Å². The Kier molecular flexibility index (Phi) is 3.87. The number of carboxylic acid groups (broad SMARTS) is 1. The molecule has 2 atom stereocenters. The second kappa shape index (κ2) is 5.01. The highest BCUT2D eigenvalue weighted by atomic mass is 32.2. The summed E-state index contributed by atoms with van der Waals surface area (Å²) in [5.74, 6) is -1.58. The third kappa shape index (κ3) is 3.07. The number of piperidine rings is 1. The van der Waals surface area contributed by atoms with Crippen LogP contribution in [0.25, 0.3) is 0 Å². The van der Waals surface area contributed by atoms with E-state index in [1.165, 1.54) is 8.61 Å². The highest BCUT2D eigenvalue weighted by molar-refractivity contribution is 7.86. The summed E-state index contributed by atoms with van der Waals surface area (Å²) in [6.07, 6.45) is 1.47. The summed E-state index contributed by atoms with van der Waals surface area (Å²) < 4.78 is 27.3. The van der Waals surface area contributed by atoms with Crippen molar-refractivity contribution in [3.05, 3.63) is 0 Å². The lowest BCUT2D eigenvalue weighted by Gasteiger charge is -2.33. The van der Waals surface area contributed by atoms with Gasteiger partial charge in [0.2, 0.25) is 0 Å². The first-order valence-electron chi connectivity index (χ1n) is 6.43. The first kappa shape index (κ1) is 14.7. The summed E-state index contributed by atoms with van der Waals surface area (Å²) >= 11 is 0. The van der Waals surface area contributed by atoms with Crippen LogP contribution in [-0.2, 0) is 15.0 Å². The van der Waals surface area contributed by atoms with Gasteiger partial charge in [0, 0.05) is 26.2 Å². The molecule has 2 rings (SSSR count). The molecule has 0 aliphatic carbocycles. The number of rotatable bonds is 3. The van der Waals surface area contributed by atoms with Gasteiger partial charge in [-0.25, -0.2) is 0 Å². The maximum absolute atomic E-state index is 12.4. The molecule has 7 nitrogen and oxygen atoms in total. The van der Waals surface area contributed by atoms with Gasteiger partial charge in [-0.15, -0.1) is 0 Å². The third-order valence-electron chi connectivity index (χ3n) is 3.80. The average molecular weight is 292 g/mol. The van der Waals surface area contributed by atoms with Crippen LogP contribution in [0.2, 0.25) is 0 Å². The van der Waals surface area contributed by atoms with Crippen molar-refractivity contribution < 1.29 is 23.4 Å². The zero-order chi connectivity index (χ0) is 14.3. The molecule has 2 heterocycles. The Morgan fingerprint density at radius 1 is 1.32 bits per heavy atom. The molecular formula is C11H20N2O5S. The van der Waals surface area contributed by atoms with E-state index >= 15 is 0 Å². The fourth-order valence-electron chi connectivity index (χ4n) is 2.62. The van der Waals surface area contributed by atoms with Crippen LogP contribution in [0.3, 0.4) is 0 Å². The lowest BCUT2D eigenvalue weighted by Crippen LogP contribution is -2.49. The summed E-state index contributed by atoms with van der Waals surface area (Å²) in [7, 11) is -3.66. The molecule has 8 heteroatoms. The topological polar surface area (TPSA) is 98.2 Å². The maximum atomic E-state index is 12.4. The van der Waals surface area contributed by atoms with E-state index in [1.807, 2.05) is 0 Å². The number of nitrogens with zero attached hydrogens (tertiary/aromatic N) is 2. The fourth-order valence-corrected chi connectivity index (χ4v) is 4.44. The molecule has 0 aromatic rings. The molecule has 0 spiro atoms. The molecule has 0 saturated carbocycles. The SMILES string of the molecule is CC1(O)CCN(S(=O)(=O)N2CCCC(C(=O)O)C2)C1. The van der Waals surface area contributed by atoms with E-state index in [0.717, 1.165) is 0 Å². The van der Waals surface area contributed by atoms with Gasteiger partial charge >= 0.3 is 5.97 Å². The van der Waals surface area contributed by atoms with Crippen LogP contribution >= 0.6 is 0 Å². The van der Waals surface area contributed by atoms with Crippen molar-refractivity contribution in [3.8, 4) is 0 Å². The first-order chi connectivity index (χ1) is 8.72. The van der Waals surface area contributed by atoms with Gasteiger partial charge in [0.05, 0.1) is 11.5 Å². The van der Waals surface area contributed by atoms with Gasteiger partial charge in [-0.2, -0.15) is 17.0 Å². The molecule has 0 aromatic heterocycles. The minimum atomic E-state index is -3.66. The molecule has 2 unspecified atom stereocenters. The molecule has 0 bridgehead atoms. The lowest BCUT2D eigenvalue weighted by molar-refractivity contribution is -0.142. The molecular weight excluding hydrogens is 272 g/mol. The summed E-state index contributed by atoms with van der Waals surface area (Å²) in [4.78, 5) is 11.0. The molecule has 2 N–H and O–H groups in total. The Morgan fingerprint density at radius 3 is 2.53 bits per heavy atom. The Morgan fingerprint density at radius 2 is 2.00 bits per heavy atom. The molecule has 2 aliphatic heterocycles. The van der Waals surface area contributed by atoms with Gasteiger partial charge in [-0.1, -0.05) is 0 Å². The second-order valence-electron chi connectivity index (χ2n) is 5.62. The van der Waals surface area contributed by atoms with Crippen LogP contribution in [0.15, 0.2) is 0 Å². The molecule has 0 radical (unpaired) electrons. The largest absolute Gasteiger partial charge is 0.481 e. The Balaban J connectivity index is 2.10. The van der Waals surface area contributed by atoms with E-state index < -0.39 is 27.7 Å². The third-order valence-corrected chi connectivity index (χ3v) is 5.75. The van der Waals surface area contributed by atoms with Gasteiger partial charge in [0.15, 0.2) is 0 Å². The van der Waals surface area contributed by atoms with Crippen molar-refractivity contribution in [2.75, 3.05) is 26.2 Å². The molecule has 0 aromatic carbocycles. The van der Waals surface area contributed by atoms with Crippen molar-refractivity contribution in [3.63, 3.8) is 0 Å². The maximum Gasteiger partial charge on any atom is 0.307 e. The van der Waals surface area contributed by atoms with Gasteiger partial charge in [-0.05, 0) is 26.2 Å². The van der Waals surface area contributed by atoms with Crippen molar-refractivity contribution in [1.82, 2.24) is 8.61 Å². The molecule has 110 valence electrons. The summed E-state index contributed by atoms with van der Waals surface area (Å²) in [6.45, 7) is 2.34. The molecule has 2 fully saturated rings. The predicted molar refractivity (Wildman–Crippen MR) is 67.7 cm³/mol. The minimum Gasteiger partial charge on any atom is -0.481 e. The van der Waals surface area contributed by atoms with Crippen LogP contribution in [0.5, 0.6) is 0 Å². The van der Waals surface area contributed by atoms with E-state index in [1.54, 1.807) is 6.92 Å². The first-order valence-corrected chi connectivity index (χ1v) is 7.82. The van der Waals surface area contributed by atoms with E-state index in [0.29, 0.717) is 25.8 Å². The molecule has 2 aliphatic rings. The smallest absolute Gasteiger partial charge is 0.307 e.